The van der Waals surface area contributed by atoms with Gasteiger partial charge in [0.25, 0.3) is 5.91 Å². The molecule has 98 valence electrons. The first kappa shape index (κ1) is 14.8. The highest BCUT2D eigenvalue weighted by molar-refractivity contribution is 9.10. The van der Waals surface area contributed by atoms with E-state index in [1.807, 2.05) is 0 Å². The minimum Gasteiger partial charge on any atom is -0.349 e. The van der Waals surface area contributed by atoms with Crippen LogP contribution in [-0.4, -0.2) is 18.2 Å². The van der Waals surface area contributed by atoms with Gasteiger partial charge in [0, 0.05) is 23.4 Å². The highest BCUT2D eigenvalue weighted by Gasteiger charge is 2.25. The SMILES string of the molecule is CC(=O)C(=O)NCC(C)(C)c1cc(Br)ccc1F. The third kappa shape index (κ3) is 3.63. The lowest BCUT2D eigenvalue weighted by Gasteiger charge is -2.26. The Morgan fingerprint density at radius 3 is 2.56 bits per heavy atom. The van der Waals surface area contributed by atoms with Gasteiger partial charge in [0.05, 0.1) is 0 Å². The van der Waals surface area contributed by atoms with Gasteiger partial charge in [-0.05, 0) is 23.8 Å². The molecule has 0 aromatic heterocycles. The number of nitrogens with one attached hydrogen (secondary N) is 1. The molecule has 0 spiro atoms. The molecule has 1 aromatic rings. The second kappa shape index (κ2) is 5.61. The number of rotatable bonds is 4. The van der Waals surface area contributed by atoms with Crippen molar-refractivity contribution in [3.05, 3.63) is 34.1 Å². The van der Waals surface area contributed by atoms with E-state index in [0.717, 1.165) is 4.47 Å². The topological polar surface area (TPSA) is 46.2 Å². The maximum atomic E-state index is 13.7. The van der Waals surface area contributed by atoms with Crippen LogP contribution >= 0.6 is 15.9 Å². The van der Waals surface area contributed by atoms with Crippen molar-refractivity contribution >= 4 is 27.6 Å². The third-order valence-electron chi connectivity index (χ3n) is 2.67. The Bertz CT molecular complexity index is 486. The number of carbonyl (C=O) groups is 2. The number of carbonyl (C=O) groups excluding carboxylic acids is 2. The molecule has 0 heterocycles. The summed E-state index contributed by atoms with van der Waals surface area (Å²) in [4.78, 5) is 22.0. The zero-order chi connectivity index (χ0) is 13.9. The van der Waals surface area contributed by atoms with Gasteiger partial charge in [-0.3, -0.25) is 9.59 Å². The smallest absolute Gasteiger partial charge is 0.287 e. The van der Waals surface area contributed by atoms with E-state index >= 15 is 0 Å². The van der Waals surface area contributed by atoms with Crippen LogP contribution in [0, 0.1) is 5.82 Å². The van der Waals surface area contributed by atoms with Gasteiger partial charge in [-0.15, -0.1) is 0 Å². The number of Topliss-reactive ketones (excluding diaryl/α,β-unsaturated/α-hetero) is 1. The largest absolute Gasteiger partial charge is 0.349 e. The van der Waals surface area contributed by atoms with Crippen LogP contribution in [0.15, 0.2) is 22.7 Å². The molecule has 5 heteroatoms. The Kier molecular flexibility index (Phi) is 4.62. The van der Waals surface area contributed by atoms with E-state index < -0.39 is 17.1 Å². The fourth-order valence-electron chi connectivity index (χ4n) is 1.54. The number of halogens is 2. The normalized spacial score (nSPS) is 11.2. The van der Waals surface area contributed by atoms with Gasteiger partial charge in [-0.2, -0.15) is 0 Å². The monoisotopic (exact) mass is 315 g/mol. The summed E-state index contributed by atoms with van der Waals surface area (Å²) in [5.41, 5.74) is -0.111. The summed E-state index contributed by atoms with van der Waals surface area (Å²) < 4.78 is 14.5. The number of ketones is 1. The van der Waals surface area contributed by atoms with Crippen LogP contribution in [0.5, 0.6) is 0 Å². The molecule has 0 saturated heterocycles. The highest BCUT2D eigenvalue weighted by Crippen LogP contribution is 2.27. The zero-order valence-electron chi connectivity index (χ0n) is 10.5. The van der Waals surface area contributed by atoms with Crippen molar-refractivity contribution in [1.29, 1.82) is 0 Å². The molecule has 1 N–H and O–H groups in total. The van der Waals surface area contributed by atoms with E-state index in [2.05, 4.69) is 21.2 Å². The second-order valence-corrected chi connectivity index (χ2v) is 5.66. The fraction of sp³-hybridized carbons (Fsp3) is 0.385. The molecule has 0 fully saturated rings. The van der Waals surface area contributed by atoms with Gasteiger partial charge in [-0.25, -0.2) is 4.39 Å². The van der Waals surface area contributed by atoms with Crippen LogP contribution in [0.4, 0.5) is 4.39 Å². The molecule has 18 heavy (non-hydrogen) atoms. The Labute approximate surface area is 114 Å². The van der Waals surface area contributed by atoms with Crippen molar-refractivity contribution in [1.82, 2.24) is 5.32 Å². The molecule has 1 aromatic carbocycles. The maximum Gasteiger partial charge on any atom is 0.287 e. The second-order valence-electron chi connectivity index (χ2n) is 4.75. The van der Waals surface area contributed by atoms with Gasteiger partial charge in [0.15, 0.2) is 0 Å². The fourth-order valence-corrected chi connectivity index (χ4v) is 1.90. The Morgan fingerprint density at radius 2 is 2.00 bits per heavy atom. The van der Waals surface area contributed by atoms with Crippen LogP contribution < -0.4 is 5.32 Å². The number of hydrogen-bond acceptors (Lipinski definition) is 2. The zero-order valence-corrected chi connectivity index (χ0v) is 12.1. The van der Waals surface area contributed by atoms with Gasteiger partial charge >= 0.3 is 0 Å². The van der Waals surface area contributed by atoms with E-state index in [1.165, 1.54) is 13.0 Å². The number of amides is 1. The number of benzene rings is 1. The van der Waals surface area contributed by atoms with Crippen molar-refractivity contribution in [3.8, 4) is 0 Å². The molecule has 1 rings (SSSR count). The predicted octanol–water partition coefficient (Wildman–Crippen LogP) is 2.57. The minimum atomic E-state index is -0.654. The molecule has 0 atom stereocenters. The molecule has 0 radical (unpaired) electrons. The van der Waals surface area contributed by atoms with Gasteiger partial charge in [-0.1, -0.05) is 29.8 Å². The summed E-state index contributed by atoms with van der Waals surface area (Å²) in [7, 11) is 0. The summed E-state index contributed by atoms with van der Waals surface area (Å²) in [5, 5.41) is 2.50. The van der Waals surface area contributed by atoms with Crippen molar-refractivity contribution in [3.63, 3.8) is 0 Å². The van der Waals surface area contributed by atoms with E-state index in [-0.39, 0.29) is 12.4 Å². The lowest BCUT2D eigenvalue weighted by molar-refractivity contribution is -0.136. The molecule has 0 aliphatic carbocycles. The molecule has 0 bridgehead atoms. The van der Waals surface area contributed by atoms with Gasteiger partial charge < -0.3 is 5.32 Å². The molecular formula is C13H15BrFNO2. The third-order valence-corrected chi connectivity index (χ3v) is 3.16. The Morgan fingerprint density at radius 1 is 1.39 bits per heavy atom. The summed E-state index contributed by atoms with van der Waals surface area (Å²) in [6.45, 7) is 5.00. The van der Waals surface area contributed by atoms with Crippen LogP contribution in [0.25, 0.3) is 0 Å². The molecule has 3 nitrogen and oxygen atoms in total. The van der Waals surface area contributed by atoms with Crippen molar-refractivity contribution in [2.45, 2.75) is 26.2 Å². The minimum absolute atomic E-state index is 0.193. The summed E-state index contributed by atoms with van der Waals surface area (Å²) in [6, 6.07) is 4.66. The van der Waals surface area contributed by atoms with Gasteiger partial charge in [0.1, 0.15) is 5.82 Å². The lowest BCUT2D eigenvalue weighted by Crippen LogP contribution is -2.39. The van der Waals surface area contributed by atoms with E-state index in [9.17, 15) is 14.0 Å². The average Bonchev–Trinajstić information content (AvgIpc) is 2.29. The van der Waals surface area contributed by atoms with E-state index in [1.54, 1.807) is 26.0 Å². The Hall–Kier alpha value is -1.23. The Balaban J connectivity index is 2.89. The summed E-state index contributed by atoms with van der Waals surface area (Å²) in [6.07, 6.45) is 0. The predicted molar refractivity (Wildman–Crippen MR) is 70.8 cm³/mol. The van der Waals surface area contributed by atoms with E-state index in [4.69, 9.17) is 0 Å². The van der Waals surface area contributed by atoms with E-state index in [0.29, 0.717) is 5.56 Å². The first-order valence-electron chi connectivity index (χ1n) is 5.48. The number of hydrogen-bond donors (Lipinski definition) is 1. The molecule has 0 aliphatic rings. The lowest BCUT2D eigenvalue weighted by atomic mass is 9.84. The first-order valence-corrected chi connectivity index (χ1v) is 6.27. The first-order chi connectivity index (χ1) is 8.24. The highest BCUT2D eigenvalue weighted by atomic mass is 79.9. The van der Waals surface area contributed by atoms with Crippen LogP contribution in [0.2, 0.25) is 0 Å². The quantitative estimate of drug-likeness (QED) is 0.868. The summed E-state index contributed by atoms with van der Waals surface area (Å²) in [5.74, 6) is -1.54. The van der Waals surface area contributed by atoms with Crippen molar-refractivity contribution in [2.24, 2.45) is 0 Å². The van der Waals surface area contributed by atoms with Crippen LogP contribution in [-0.2, 0) is 15.0 Å². The standard InChI is InChI=1S/C13H15BrFNO2/c1-8(17)12(18)16-7-13(2,3)10-6-9(14)4-5-11(10)15/h4-6H,7H2,1-3H3,(H,16,18). The van der Waals surface area contributed by atoms with Crippen LogP contribution in [0.3, 0.4) is 0 Å². The maximum absolute atomic E-state index is 13.7. The molecule has 0 aliphatic heterocycles. The molecule has 1 amide bonds. The average molecular weight is 316 g/mol. The van der Waals surface area contributed by atoms with Crippen LogP contribution in [0.1, 0.15) is 26.3 Å². The summed E-state index contributed by atoms with van der Waals surface area (Å²) >= 11 is 3.28. The van der Waals surface area contributed by atoms with Gasteiger partial charge in [0.2, 0.25) is 5.78 Å². The molecular weight excluding hydrogens is 301 g/mol. The van der Waals surface area contributed by atoms with Crippen molar-refractivity contribution in [2.75, 3.05) is 6.54 Å². The molecule has 0 saturated carbocycles. The molecule has 0 unspecified atom stereocenters. The van der Waals surface area contributed by atoms with Crippen molar-refractivity contribution < 1.29 is 14.0 Å².